The van der Waals surface area contributed by atoms with E-state index in [1.165, 1.54) is 22.7 Å². The molecule has 1 aliphatic rings. The first kappa shape index (κ1) is 22.0. The van der Waals surface area contributed by atoms with Crippen LogP contribution in [0.3, 0.4) is 0 Å². The number of amides is 2. The molecule has 3 rings (SSSR count). The maximum absolute atomic E-state index is 13.1. The van der Waals surface area contributed by atoms with Gasteiger partial charge in [-0.05, 0) is 49.2 Å². The summed E-state index contributed by atoms with van der Waals surface area (Å²) in [6.45, 7) is 0.789. The van der Waals surface area contributed by atoms with E-state index in [1.807, 2.05) is 0 Å². The van der Waals surface area contributed by atoms with Crippen LogP contribution in [0.15, 0.2) is 52.0 Å². The van der Waals surface area contributed by atoms with Crippen molar-refractivity contribution in [2.24, 2.45) is 5.92 Å². The fraction of sp³-hybridized carbons (Fsp3) is 0.400. The van der Waals surface area contributed by atoms with E-state index in [0.29, 0.717) is 25.1 Å². The molecule has 1 saturated heterocycles. The van der Waals surface area contributed by atoms with Crippen molar-refractivity contribution in [2.75, 3.05) is 19.6 Å². The molecule has 1 aromatic heterocycles. The highest BCUT2D eigenvalue weighted by atomic mass is 32.2. The highest BCUT2D eigenvalue weighted by Crippen LogP contribution is 2.24. The molecule has 0 spiro atoms. The topological polar surface area (TPSA) is 109 Å². The molecular weight excluding hydrogens is 413 g/mol. The molecular formula is C20H24FN3O5S. The fourth-order valence-electron chi connectivity index (χ4n) is 3.26. The Hall–Kier alpha value is -2.72. The Bertz CT molecular complexity index is 961. The molecule has 2 heterocycles. The SMILES string of the molecule is O=C(CCNC(=O)[C@@H]1CCCN(S(=O)(=O)c2ccc(F)cc2)C1)NCc1ccco1. The van der Waals surface area contributed by atoms with Crippen LogP contribution >= 0.6 is 0 Å². The van der Waals surface area contributed by atoms with Gasteiger partial charge in [0, 0.05) is 26.1 Å². The number of halogens is 1. The summed E-state index contributed by atoms with van der Waals surface area (Å²) < 4.78 is 45.0. The number of sulfonamides is 1. The Morgan fingerprint density at radius 1 is 1.17 bits per heavy atom. The Labute approximate surface area is 174 Å². The van der Waals surface area contributed by atoms with E-state index in [9.17, 15) is 22.4 Å². The highest BCUT2D eigenvalue weighted by Gasteiger charge is 2.33. The number of hydrogen-bond donors (Lipinski definition) is 2. The Morgan fingerprint density at radius 2 is 1.93 bits per heavy atom. The Morgan fingerprint density at radius 3 is 2.63 bits per heavy atom. The third kappa shape index (κ3) is 5.67. The van der Waals surface area contributed by atoms with Gasteiger partial charge in [0.1, 0.15) is 11.6 Å². The molecule has 1 aliphatic heterocycles. The second kappa shape index (κ2) is 9.86. The maximum Gasteiger partial charge on any atom is 0.243 e. The van der Waals surface area contributed by atoms with E-state index in [1.54, 1.807) is 12.1 Å². The normalized spacial score (nSPS) is 17.4. The lowest BCUT2D eigenvalue weighted by Gasteiger charge is -2.31. The van der Waals surface area contributed by atoms with Crippen molar-refractivity contribution in [3.63, 3.8) is 0 Å². The molecule has 0 aliphatic carbocycles. The standard InChI is InChI=1S/C20H24FN3O5S/c21-16-5-7-18(8-6-16)30(27,28)24-11-1-3-15(14-24)20(26)22-10-9-19(25)23-13-17-4-2-12-29-17/h2,4-8,12,15H,1,3,9-11,13-14H2,(H,22,26)(H,23,25)/t15-/m1/s1. The van der Waals surface area contributed by atoms with Crippen LogP contribution in [0.25, 0.3) is 0 Å². The number of furan rings is 1. The molecule has 1 aromatic carbocycles. The summed E-state index contributed by atoms with van der Waals surface area (Å²) >= 11 is 0. The van der Waals surface area contributed by atoms with E-state index in [0.717, 1.165) is 12.1 Å². The molecule has 162 valence electrons. The molecule has 0 radical (unpaired) electrons. The first-order chi connectivity index (χ1) is 14.4. The highest BCUT2D eigenvalue weighted by molar-refractivity contribution is 7.89. The van der Waals surface area contributed by atoms with E-state index in [-0.39, 0.29) is 42.8 Å². The van der Waals surface area contributed by atoms with Crippen molar-refractivity contribution >= 4 is 21.8 Å². The maximum atomic E-state index is 13.1. The van der Waals surface area contributed by atoms with Crippen LogP contribution in [0, 0.1) is 11.7 Å². The van der Waals surface area contributed by atoms with Crippen molar-refractivity contribution in [1.29, 1.82) is 0 Å². The molecule has 2 amide bonds. The van der Waals surface area contributed by atoms with Crippen molar-refractivity contribution in [3.8, 4) is 0 Å². The van der Waals surface area contributed by atoms with E-state index < -0.39 is 21.8 Å². The van der Waals surface area contributed by atoms with Crippen LogP contribution < -0.4 is 10.6 Å². The molecule has 2 N–H and O–H groups in total. The van der Waals surface area contributed by atoms with Crippen LogP contribution in [0.1, 0.15) is 25.0 Å². The van der Waals surface area contributed by atoms with E-state index >= 15 is 0 Å². The van der Waals surface area contributed by atoms with Gasteiger partial charge in [-0.15, -0.1) is 0 Å². The van der Waals surface area contributed by atoms with Crippen molar-refractivity contribution in [3.05, 3.63) is 54.2 Å². The second-order valence-electron chi connectivity index (χ2n) is 7.05. The Balaban J connectivity index is 1.47. The predicted molar refractivity (Wildman–Crippen MR) is 106 cm³/mol. The van der Waals surface area contributed by atoms with Gasteiger partial charge in [0.05, 0.1) is 23.6 Å². The number of nitrogens with one attached hydrogen (secondary N) is 2. The van der Waals surface area contributed by atoms with Crippen LogP contribution in [0.2, 0.25) is 0 Å². The number of nitrogens with zero attached hydrogens (tertiary/aromatic N) is 1. The van der Waals surface area contributed by atoms with Crippen LogP contribution in [-0.2, 0) is 26.2 Å². The minimum atomic E-state index is -3.79. The van der Waals surface area contributed by atoms with Gasteiger partial charge < -0.3 is 15.1 Å². The smallest absolute Gasteiger partial charge is 0.243 e. The second-order valence-corrected chi connectivity index (χ2v) is 8.99. The lowest BCUT2D eigenvalue weighted by molar-refractivity contribution is -0.126. The van der Waals surface area contributed by atoms with Crippen molar-refractivity contribution in [2.45, 2.75) is 30.7 Å². The van der Waals surface area contributed by atoms with Crippen molar-refractivity contribution in [1.82, 2.24) is 14.9 Å². The zero-order valence-corrected chi connectivity index (χ0v) is 17.2. The summed E-state index contributed by atoms with van der Waals surface area (Å²) in [5.41, 5.74) is 0. The molecule has 0 bridgehead atoms. The molecule has 8 nitrogen and oxygen atoms in total. The largest absolute Gasteiger partial charge is 0.467 e. The monoisotopic (exact) mass is 437 g/mol. The van der Waals surface area contributed by atoms with Gasteiger partial charge in [-0.25, -0.2) is 12.8 Å². The summed E-state index contributed by atoms with van der Waals surface area (Å²) in [5.74, 6) is -0.890. The molecule has 0 saturated carbocycles. The average molecular weight is 437 g/mol. The minimum Gasteiger partial charge on any atom is -0.467 e. The number of benzene rings is 1. The molecule has 1 atom stereocenters. The summed E-state index contributed by atoms with van der Waals surface area (Å²) in [5, 5.41) is 5.39. The lowest BCUT2D eigenvalue weighted by atomic mass is 9.99. The molecule has 30 heavy (non-hydrogen) atoms. The predicted octanol–water partition coefficient (Wildman–Crippen LogP) is 1.64. The molecule has 2 aromatic rings. The van der Waals surface area contributed by atoms with E-state index in [4.69, 9.17) is 4.42 Å². The fourth-order valence-corrected chi connectivity index (χ4v) is 4.79. The number of carbonyl (C=O) groups excluding carboxylic acids is 2. The number of rotatable bonds is 8. The summed E-state index contributed by atoms with van der Waals surface area (Å²) in [6.07, 6.45) is 2.73. The zero-order chi connectivity index (χ0) is 21.6. The summed E-state index contributed by atoms with van der Waals surface area (Å²) in [7, 11) is -3.79. The molecule has 0 unspecified atom stereocenters. The number of hydrogen-bond acceptors (Lipinski definition) is 5. The minimum absolute atomic E-state index is 0.00168. The van der Waals surface area contributed by atoms with Gasteiger partial charge >= 0.3 is 0 Å². The van der Waals surface area contributed by atoms with E-state index in [2.05, 4.69) is 10.6 Å². The lowest BCUT2D eigenvalue weighted by Crippen LogP contribution is -2.45. The summed E-state index contributed by atoms with van der Waals surface area (Å²) in [6, 6.07) is 8.10. The number of carbonyl (C=O) groups is 2. The van der Waals surface area contributed by atoms with Crippen molar-refractivity contribution < 1.29 is 26.8 Å². The average Bonchev–Trinajstić information content (AvgIpc) is 3.26. The Kier molecular flexibility index (Phi) is 7.22. The van der Waals surface area contributed by atoms with Crippen LogP contribution in [-0.4, -0.2) is 44.2 Å². The third-order valence-electron chi connectivity index (χ3n) is 4.90. The first-order valence-electron chi connectivity index (χ1n) is 9.69. The first-order valence-corrected chi connectivity index (χ1v) is 11.1. The molecule has 1 fully saturated rings. The third-order valence-corrected chi connectivity index (χ3v) is 6.78. The van der Waals surface area contributed by atoms with Gasteiger partial charge in [-0.3, -0.25) is 9.59 Å². The van der Waals surface area contributed by atoms with Crippen LogP contribution in [0.4, 0.5) is 4.39 Å². The van der Waals surface area contributed by atoms with Gasteiger partial charge in [-0.1, -0.05) is 0 Å². The molecule has 10 heteroatoms. The van der Waals surface area contributed by atoms with Gasteiger partial charge in [-0.2, -0.15) is 4.31 Å². The van der Waals surface area contributed by atoms with Gasteiger partial charge in [0.25, 0.3) is 0 Å². The van der Waals surface area contributed by atoms with Crippen LogP contribution in [0.5, 0.6) is 0 Å². The van der Waals surface area contributed by atoms with Gasteiger partial charge in [0.2, 0.25) is 21.8 Å². The zero-order valence-electron chi connectivity index (χ0n) is 16.3. The van der Waals surface area contributed by atoms with Gasteiger partial charge in [0.15, 0.2) is 0 Å². The quantitative estimate of drug-likeness (QED) is 0.653. The summed E-state index contributed by atoms with van der Waals surface area (Å²) in [4.78, 5) is 24.3. The number of piperidine rings is 1.